The highest BCUT2D eigenvalue weighted by Crippen LogP contribution is 2.41. The second kappa shape index (κ2) is 6.74. The van der Waals surface area contributed by atoms with E-state index in [1.165, 1.54) is 4.88 Å². The first-order valence-corrected chi connectivity index (χ1v) is 11.2. The molecule has 5 rings (SSSR count). The topological polar surface area (TPSA) is 72.7 Å². The van der Waals surface area contributed by atoms with Gasteiger partial charge in [-0.3, -0.25) is 4.79 Å². The van der Waals surface area contributed by atoms with Gasteiger partial charge < -0.3 is 5.32 Å². The molecule has 3 aromatic heterocycles. The average molecular weight is 424 g/mol. The molecule has 8 heteroatoms. The molecule has 1 atom stereocenters. The van der Waals surface area contributed by atoms with Gasteiger partial charge in [0.2, 0.25) is 0 Å². The second-order valence-corrected chi connectivity index (χ2v) is 10.4. The maximum absolute atomic E-state index is 13.1. The van der Waals surface area contributed by atoms with Crippen LogP contribution in [0.25, 0.3) is 10.2 Å². The summed E-state index contributed by atoms with van der Waals surface area (Å²) < 4.78 is 3.04. The Balaban J connectivity index is 1.46. The third-order valence-corrected chi connectivity index (χ3v) is 7.31. The monoisotopic (exact) mass is 423 g/mol. The van der Waals surface area contributed by atoms with E-state index in [0.29, 0.717) is 5.56 Å². The van der Waals surface area contributed by atoms with Gasteiger partial charge in [-0.15, -0.1) is 22.7 Å². The predicted octanol–water partition coefficient (Wildman–Crippen LogP) is 4.98. The number of benzene rings is 1. The Hall–Kier alpha value is -2.58. The summed E-state index contributed by atoms with van der Waals surface area (Å²) in [7, 11) is 0. The van der Waals surface area contributed by atoms with E-state index in [-0.39, 0.29) is 23.8 Å². The van der Waals surface area contributed by atoms with Gasteiger partial charge in [-0.05, 0) is 39.3 Å². The Morgan fingerprint density at radius 2 is 2.10 bits per heavy atom. The molecule has 0 aliphatic carbocycles. The minimum absolute atomic E-state index is 0.0320. The van der Waals surface area contributed by atoms with E-state index in [2.05, 4.69) is 41.2 Å². The molecule has 29 heavy (non-hydrogen) atoms. The summed E-state index contributed by atoms with van der Waals surface area (Å²) in [5.74, 6) is 0.815. The highest BCUT2D eigenvalue weighted by atomic mass is 32.1. The summed E-state index contributed by atoms with van der Waals surface area (Å²) in [4.78, 5) is 23.5. The molecule has 1 aliphatic heterocycles. The number of thiazole rings is 2. The van der Waals surface area contributed by atoms with E-state index in [1.807, 2.05) is 35.1 Å². The van der Waals surface area contributed by atoms with Crippen LogP contribution in [0.3, 0.4) is 0 Å². The number of aryl methyl sites for hydroxylation is 1. The summed E-state index contributed by atoms with van der Waals surface area (Å²) in [6, 6.07) is 8.04. The number of fused-ring (bicyclic) bond motifs is 2. The summed E-state index contributed by atoms with van der Waals surface area (Å²) >= 11 is 3.27. The van der Waals surface area contributed by atoms with Crippen molar-refractivity contribution in [1.82, 2.24) is 19.7 Å². The number of rotatable bonds is 4. The van der Waals surface area contributed by atoms with Crippen molar-refractivity contribution in [3.8, 4) is 0 Å². The van der Waals surface area contributed by atoms with Crippen LogP contribution < -0.4 is 5.32 Å². The molecule has 4 heterocycles. The molecule has 148 valence electrons. The largest absolute Gasteiger partial charge is 0.360 e. The number of Topliss-reactive ketones (excluding diaryl/α,β-unsaturated/α-hetero) is 1. The molecule has 1 unspecified atom stereocenters. The van der Waals surface area contributed by atoms with Gasteiger partial charge in [-0.25, -0.2) is 14.6 Å². The molecule has 1 aliphatic rings. The smallest absolute Gasteiger partial charge is 0.174 e. The molecular formula is C21H21N5OS2. The first-order valence-electron chi connectivity index (χ1n) is 9.56. The van der Waals surface area contributed by atoms with Crippen molar-refractivity contribution in [2.45, 2.75) is 45.2 Å². The summed E-state index contributed by atoms with van der Waals surface area (Å²) in [5, 5.41) is 9.96. The van der Waals surface area contributed by atoms with Gasteiger partial charge in [0.1, 0.15) is 15.8 Å². The fraction of sp³-hybridized carbons (Fsp3) is 0.333. The molecule has 1 N–H and O–H groups in total. The van der Waals surface area contributed by atoms with E-state index >= 15 is 0 Å². The molecule has 0 radical (unpaired) electrons. The number of nitrogens with zero attached hydrogens (tertiary/aromatic N) is 4. The summed E-state index contributed by atoms with van der Waals surface area (Å²) in [6.07, 6.45) is 4.73. The number of hydrogen-bond donors (Lipinski definition) is 1. The van der Waals surface area contributed by atoms with Gasteiger partial charge >= 0.3 is 0 Å². The van der Waals surface area contributed by atoms with Crippen molar-refractivity contribution in [2.75, 3.05) is 5.32 Å². The van der Waals surface area contributed by atoms with Crippen LogP contribution in [0.4, 0.5) is 5.82 Å². The second-order valence-electron chi connectivity index (χ2n) is 8.02. The standard InChI is InChI=1S/C21H21N5OS2/c1-12-10-22-20(28-12)15-9-21(2,3)26-19(25-15)13(11-23-26)16(27)8-18-24-14-6-4-5-7-17(14)29-18/h4-7,10-11,15,25H,8-9H2,1-3H3. The molecule has 0 bridgehead atoms. The third kappa shape index (κ3) is 3.26. The lowest BCUT2D eigenvalue weighted by molar-refractivity contribution is 0.0993. The molecule has 0 saturated heterocycles. The first-order chi connectivity index (χ1) is 13.9. The predicted molar refractivity (Wildman–Crippen MR) is 117 cm³/mol. The number of para-hydroxylation sites is 1. The van der Waals surface area contributed by atoms with Crippen molar-refractivity contribution in [1.29, 1.82) is 0 Å². The quantitative estimate of drug-likeness (QED) is 0.469. The van der Waals surface area contributed by atoms with E-state index in [0.717, 1.165) is 32.5 Å². The number of nitrogens with one attached hydrogen (secondary N) is 1. The van der Waals surface area contributed by atoms with Crippen LogP contribution in [0.5, 0.6) is 0 Å². The maximum Gasteiger partial charge on any atom is 0.174 e. The number of anilines is 1. The number of aromatic nitrogens is 4. The van der Waals surface area contributed by atoms with Gasteiger partial charge in [-0.2, -0.15) is 5.10 Å². The zero-order valence-corrected chi connectivity index (χ0v) is 18.1. The van der Waals surface area contributed by atoms with Gasteiger partial charge in [0, 0.05) is 11.1 Å². The molecule has 0 amide bonds. The van der Waals surface area contributed by atoms with Gasteiger partial charge in [0.15, 0.2) is 5.78 Å². The molecule has 0 saturated carbocycles. The number of carbonyl (C=O) groups excluding carboxylic acids is 1. The van der Waals surface area contributed by atoms with Crippen LogP contribution in [0.1, 0.15) is 51.6 Å². The highest BCUT2D eigenvalue weighted by molar-refractivity contribution is 7.18. The number of hydrogen-bond acceptors (Lipinski definition) is 7. The molecule has 0 fully saturated rings. The minimum atomic E-state index is -0.209. The molecule has 1 aromatic carbocycles. The van der Waals surface area contributed by atoms with Gasteiger partial charge in [0.05, 0.1) is 40.0 Å². The Morgan fingerprint density at radius 3 is 2.86 bits per heavy atom. The van der Waals surface area contributed by atoms with Crippen LogP contribution >= 0.6 is 22.7 Å². The lowest BCUT2D eigenvalue weighted by Crippen LogP contribution is -2.38. The summed E-state index contributed by atoms with van der Waals surface area (Å²) in [6.45, 7) is 6.37. The van der Waals surface area contributed by atoms with Crippen molar-refractivity contribution in [3.63, 3.8) is 0 Å². The Morgan fingerprint density at radius 1 is 1.28 bits per heavy atom. The molecule has 0 spiro atoms. The Kier molecular flexibility index (Phi) is 4.29. The number of carbonyl (C=O) groups is 1. The fourth-order valence-corrected chi connectivity index (χ4v) is 5.65. The third-order valence-electron chi connectivity index (χ3n) is 5.24. The highest BCUT2D eigenvalue weighted by Gasteiger charge is 2.37. The zero-order chi connectivity index (χ0) is 20.2. The normalized spacial score (nSPS) is 17.8. The SMILES string of the molecule is Cc1cnc(C2CC(C)(C)n3ncc(C(=O)Cc4nc5ccccc5s4)c3N2)s1. The lowest BCUT2D eigenvalue weighted by atomic mass is 9.93. The van der Waals surface area contributed by atoms with E-state index in [4.69, 9.17) is 0 Å². The average Bonchev–Trinajstić information content (AvgIpc) is 3.38. The Labute approximate surface area is 176 Å². The molecule has 6 nitrogen and oxygen atoms in total. The van der Waals surface area contributed by atoms with E-state index < -0.39 is 0 Å². The van der Waals surface area contributed by atoms with Crippen molar-refractivity contribution in [3.05, 3.63) is 57.1 Å². The lowest BCUT2D eigenvalue weighted by Gasteiger charge is -2.37. The van der Waals surface area contributed by atoms with E-state index in [1.54, 1.807) is 28.9 Å². The number of ketones is 1. The van der Waals surface area contributed by atoms with Crippen molar-refractivity contribution < 1.29 is 4.79 Å². The Bertz CT molecular complexity index is 1190. The van der Waals surface area contributed by atoms with Crippen molar-refractivity contribution >= 4 is 44.5 Å². The first kappa shape index (κ1) is 18.4. The maximum atomic E-state index is 13.1. The van der Waals surface area contributed by atoms with Crippen LogP contribution in [0, 0.1) is 6.92 Å². The van der Waals surface area contributed by atoms with Gasteiger partial charge in [0.25, 0.3) is 0 Å². The zero-order valence-electron chi connectivity index (χ0n) is 16.5. The fourth-order valence-electron chi connectivity index (χ4n) is 3.86. The van der Waals surface area contributed by atoms with E-state index in [9.17, 15) is 4.79 Å². The summed E-state index contributed by atoms with van der Waals surface area (Å²) in [5.41, 5.74) is 1.35. The van der Waals surface area contributed by atoms with Crippen LogP contribution in [0.2, 0.25) is 0 Å². The molecular weight excluding hydrogens is 402 g/mol. The van der Waals surface area contributed by atoms with Crippen LogP contribution in [-0.2, 0) is 12.0 Å². The van der Waals surface area contributed by atoms with Gasteiger partial charge in [-0.1, -0.05) is 12.1 Å². The van der Waals surface area contributed by atoms with Crippen LogP contribution in [0.15, 0.2) is 36.7 Å². The minimum Gasteiger partial charge on any atom is -0.360 e. The van der Waals surface area contributed by atoms with Crippen LogP contribution in [-0.4, -0.2) is 25.5 Å². The van der Waals surface area contributed by atoms with Crippen molar-refractivity contribution in [2.24, 2.45) is 0 Å². The molecule has 4 aromatic rings.